The molecule has 4 heteroatoms. The quantitative estimate of drug-likeness (QED) is 0.572. The molecule has 0 radical (unpaired) electrons. The Morgan fingerprint density at radius 1 is 1.00 bits per heavy atom. The first kappa shape index (κ1) is 16.8. The van der Waals surface area contributed by atoms with E-state index < -0.39 is 17.3 Å². The summed E-state index contributed by atoms with van der Waals surface area (Å²) < 4.78 is 0. The van der Waals surface area contributed by atoms with Gasteiger partial charge in [0.2, 0.25) is 0 Å². The van der Waals surface area contributed by atoms with Gasteiger partial charge in [-0.3, -0.25) is 0 Å². The lowest BCUT2D eigenvalue weighted by Gasteiger charge is -2.39. The zero-order valence-electron chi connectivity index (χ0n) is 9.20. The molecule has 0 aliphatic carbocycles. The molecule has 0 rings (SSSR count). The minimum Gasteiger partial charge on any atom is -0.393 e. The molecule has 86 valence electrons. The number of hydrogen-bond acceptors (Lipinski definition) is 3. The molecule has 0 fully saturated rings. The fourth-order valence-electron chi connectivity index (χ4n) is 1.78. The molecule has 3 nitrogen and oxygen atoms in total. The molecule has 0 aliphatic rings. The monoisotopic (exact) mass is 220 g/mol. The molecule has 0 bridgehead atoms. The van der Waals surface area contributed by atoms with Crippen molar-refractivity contribution < 1.29 is 15.3 Å². The highest BCUT2D eigenvalue weighted by Crippen LogP contribution is 2.31. The Labute approximate surface area is 97.3 Å². The van der Waals surface area contributed by atoms with E-state index >= 15 is 0 Å². The Morgan fingerprint density at radius 2 is 1.29 bits per heavy atom. The minimum atomic E-state index is -0.977. The topological polar surface area (TPSA) is 60.7 Å². The highest BCUT2D eigenvalue weighted by molar-refractivity contribution is 5.75. The fraction of sp³-hybridized carbons (Fsp3) is 1.00. The molecule has 0 spiro atoms. The van der Waals surface area contributed by atoms with E-state index in [1.54, 1.807) is 34.6 Å². The predicted molar refractivity (Wildman–Crippen MR) is 62.3 cm³/mol. The number of aliphatic hydroxyl groups excluding tert-OH is 1. The lowest BCUT2D eigenvalue weighted by atomic mass is 9.76. The van der Waals surface area contributed by atoms with Gasteiger partial charge in [0.25, 0.3) is 0 Å². The van der Waals surface area contributed by atoms with Crippen LogP contribution in [0.1, 0.15) is 41.0 Å². The smallest absolute Gasteiger partial charge is 0.187 e. The number of aliphatic hydroxyl groups is 3. The highest BCUT2D eigenvalue weighted by atomic mass is 27.0. The average Bonchev–Trinajstić information content (AvgIpc) is 1.77. The van der Waals surface area contributed by atoms with E-state index in [-0.39, 0.29) is 23.3 Å². The van der Waals surface area contributed by atoms with E-state index in [4.69, 9.17) is 0 Å². The molecule has 0 aliphatic heterocycles. The minimum absolute atomic E-state index is 0. The van der Waals surface area contributed by atoms with Crippen molar-refractivity contribution in [3.05, 3.63) is 0 Å². The fourth-order valence-corrected chi connectivity index (χ4v) is 1.78. The van der Waals surface area contributed by atoms with Gasteiger partial charge < -0.3 is 15.3 Å². The Hall–Kier alpha value is 0.412. The van der Waals surface area contributed by atoms with Gasteiger partial charge in [-0.1, -0.05) is 0 Å². The SMILES string of the molecule is CC(O)CC(C(C)(C)O)C(C)(C)O.[AlH3]. The molecule has 1 atom stereocenters. The van der Waals surface area contributed by atoms with Crippen LogP contribution >= 0.6 is 0 Å². The van der Waals surface area contributed by atoms with Crippen molar-refractivity contribution in [1.82, 2.24) is 0 Å². The summed E-state index contributed by atoms with van der Waals surface area (Å²) in [5.41, 5.74) is -1.95. The lowest BCUT2D eigenvalue weighted by molar-refractivity contribution is -0.105. The van der Waals surface area contributed by atoms with Crippen molar-refractivity contribution in [2.24, 2.45) is 5.92 Å². The second kappa shape index (κ2) is 5.48. The zero-order chi connectivity index (χ0) is 10.9. The molecule has 0 heterocycles. The molecule has 0 aromatic rings. The maximum Gasteiger partial charge on any atom is 0.187 e. The van der Waals surface area contributed by atoms with E-state index in [0.29, 0.717) is 6.42 Å². The first-order valence-corrected chi connectivity index (χ1v) is 4.68. The normalized spacial score (nSPS) is 15.2. The van der Waals surface area contributed by atoms with Gasteiger partial charge in [0.05, 0.1) is 17.3 Å². The van der Waals surface area contributed by atoms with E-state index in [2.05, 4.69) is 0 Å². The van der Waals surface area contributed by atoms with Gasteiger partial charge in [-0.2, -0.15) is 0 Å². The molecular weight excluding hydrogens is 195 g/mol. The third-order valence-electron chi connectivity index (χ3n) is 2.28. The molecular formula is C10H25AlO3. The van der Waals surface area contributed by atoms with Crippen LogP contribution < -0.4 is 0 Å². The van der Waals surface area contributed by atoms with E-state index in [9.17, 15) is 15.3 Å². The first-order valence-electron chi connectivity index (χ1n) is 4.68. The van der Waals surface area contributed by atoms with Crippen molar-refractivity contribution in [3.8, 4) is 0 Å². The van der Waals surface area contributed by atoms with Crippen molar-refractivity contribution in [2.45, 2.75) is 58.3 Å². The summed E-state index contributed by atoms with van der Waals surface area (Å²) in [4.78, 5) is 0. The summed E-state index contributed by atoms with van der Waals surface area (Å²) in [5.74, 6) is -0.333. The molecule has 0 saturated carbocycles. The standard InChI is InChI=1S/C10H22O3.Al.3H/c1-7(11)6-8(9(2,3)12)10(4,5)13;;;;/h7-8,11-13H,6H2,1-5H3;;;;. The summed E-state index contributed by atoms with van der Waals surface area (Å²) in [6, 6.07) is 0. The van der Waals surface area contributed by atoms with Crippen LogP contribution in [0.15, 0.2) is 0 Å². The van der Waals surface area contributed by atoms with E-state index in [1.165, 1.54) is 0 Å². The van der Waals surface area contributed by atoms with Crippen LogP contribution in [0.2, 0.25) is 0 Å². The van der Waals surface area contributed by atoms with Gasteiger partial charge >= 0.3 is 0 Å². The van der Waals surface area contributed by atoms with Crippen molar-refractivity contribution in [1.29, 1.82) is 0 Å². The average molecular weight is 220 g/mol. The van der Waals surface area contributed by atoms with E-state index in [1.807, 2.05) is 0 Å². The maximum absolute atomic E-state index is 9.79. The molecule has 1 unspecified atom stereocenters. The Bertz CT molecular complexity index is 142. The van der Waals surface area contributed by atoms with Gasteiger partial charge in [-0.05, 0) is 41.0 Å². The molecule has 14 heavy (non-hydrogen) atoms. The summed E-state index contributed by atoms with van der Waals surface area (Å²) in [6.07, 6.45) is -0.115. The molecule has 0 saturated heterocycles. The van der Waals surface area contributed by atoms with Crippen LogP contribution in [-0.2, 0) is 0 Å². The largest absolute Gasteiger partial charge is 0.393 e. The third-order valence-corrected chi connectivity index (χ3v) is 2.28. The first-order chi connectivity index (χ1) is 5.55. The van der Waals surface area contributed by atoms with Gasteiger partial charge in [-0.15, -0.1) is 0 Å². The summed E-state index contributed by atoms with van der Waals surface area (Å²) >= 11 is 0. The van der Waals surface area contributed by atoms with Gasteiger partial charge in [0.15, 0.2) is 17.4 Å². The summed E-state index contributed by atoms with van der Waals surface area (Å²) in [6.45, 7) is 8.26. The van der Waals surface area contributed by atoms with Crippen LogP contribution in [0.4, 0.5) is 0 Å². The van der Waals surface area contributed by atoms with Gasteiger partial charge in [-0.25, -0.2) is 0 Å². The van der Waals surface area contributed by atoms with E-state index in [0.717, 1.165) is 0 Å². The van der Waals surface area contributed by atoms with Crippen LogP contribution in [0.5, 0.6) is 0 Å². The second-order valence-corrected chi connectivity index (χ2v) is 4.94. The second-order valence-electron chi connectivity index (χ2n) is 4.94. The molecule has 0 aromatic carbocycles. The molecule has 3 N–H and O–H groups in total. The van der Waals surface area contributed by atoms with Crippen molar-refractivity contribution in [3.63, 3.8) is 0 Å². The zero-order valence-corrected chi connectivity index (χ0v) is 9.20. The number of rotatable bonds is 4. The van der Waals surface area contributed by atoms with Gasteiger partial charge in [0, 0.05) is 5.92 Å². The van der Waals surface area contributed by atoms with Crippen molar-refractivity contribution >= 4 is 17.4 Å². The lowest BCUT2D eigenvalue weighted by Crippen LogP contribution is -2.46. The Kier molecular flexibility index (Phi) is 6.59. The summed E-state index contributed by atoms with van der Waals surface area (Å²) in [5, 5.41) is 28.8. The van der Waals surface area contributed by atoms with Crippen LogP contribution in [0.25, 0.3) is 0 Å². The Balaban J connectivity index is 0. The number of hydrogen-bond donors (Lipinski definition) is 3. The third kappa shape index (κ3) is 6.00. The van der Waals surface area contributed by atoms with Crippen LogP contribution in [-0.4, -0.2) is 50.0 Å². The predicted octanol–water partition coefficient (Wildman–Crippen LogP) is -0.269. The maximum atomic E-state index is 9.79. The summed E-state index contributed by atoms with van der Waals surface area (Å²) in [7, 11) is 0. The Morgan fingerprint density at radius 3 is 1.36 bits per heavy atom. The highest BCUT2D eigenvalue weighted by Gasteiger charge is 2.38. The van der Waals surface area contributed by atoms with Crippen molar-refractivity contribution in [2.75, 3.05) is 0 Å². The van der Waals surface area contributed by atoms with Crippen LogP contribution in [0, 0.1) is 5.92 Å². The molecule has 0 aromatic heterocycles. The van der Waals surface area contributed by atoms with Crippen LogP contribution in [0.3, 0.4) is 0 Å². The van der Waals surface area contributed by atoms with Gasteiger partial charge in [0.1, 0.15) is 0 Å². The molecule has 0 amide bonds.